The van der Waals surface area contributed by atoms with Crippen LogP contribution in [0.15, 0.2) is 54.9 Å². The van der Waals surface area contributed by atoms with Gasteiger partial charge in [-0.15, -0.1) is 0 Å². The molecule has 178 valence electrons. The number of hydrogen-bond acceptors (Lipinski definition) is 6. The first-order chi connectivity index (χ1) is 15.7. The Morgan fingerprint density at radius 1 is 1.06 bits per heavy atom. The quantitative estimate of drug-likeness (QED) is 0.486. The first-order valence-electron chi connectivity index (χ1n) is 11.1. The molecule has 7 nitrogen and oxygen atoms in total. The Labute approximate surface area is 196 Å². The zero-order valence-corrected chi connectivity index (χ0v) is 20.3. The van der Waals surface area contributed by atoms with Gasteiger partial charge in [0.15, 0.2) is 0 Å². The van der Waals surface area contributed by atoms with E-state index in [-0.39, 0.29) is 18.1 Å². The Morgan fingerprint density at radius 3 is 2.42 bits per heavy atom. The summed E-state index contributed by atoms with van der Waals surface area (Å²) >= 11 is 0. The van der Waals surface area contributed by atoms with E-state index in [2.05, 4.69) is 31.1 Å². The van der Waals surface area contributed by atoms with E-state index in [1.54, 1.807) is 20.4 Å². The van der Waals surface area contributed by atoms with E-state index in [9.17, 15) is 5.11 Å². The number of benzene rings is 2. The van der Waals surface area contributed by atoms with Crippen LogP contribution in [0.2, 0.25) is 0 Å². The van der Waals surface area contributed by atoms with Crippen molar-refractivity contribution in [1.29, 1.82) is 0 Å². The lowest BCUT2D eigenvalue weighted by Gasteiger charge is -2.25. The predicted molar refractivity (Wildman–Crippen MR) is 129 cm³/mol. The third kappa shape index (κ3) is 6.27. The Morgan fingerprint density at radius 2 is 1.79 bits per heavy atom. The highest BCUT2D eigenvalue weighted by Gasteiger charge is 2.22. The standard InChI is InChI=1S/C26H35N3O4/c1-26(2,3)22-15-21(32-6)10-11-23(22)33-17-19(30)16-28-24(25-27-12-13-29(25)4)18-8-7-9-20(14-18)31-5/h7-15,19,24,28,30H,16-17H2,1-6H3. The summed E-state index contributed by atoms with van der Waals surface area (Å²) in [5.41, 5.74) is 1.91. The summed E-state index contributed by atoms with van der Waals surface area (Å²) in [4.78, 5) is 4.51. The van der Waals surface area contributed by atoms with Gasteiger partial charge < -0.3 is 29.2 Å². The fraction of sp³-hybridized carbons (Fsp3) is 0.423. The number of aryl methyl sites for hydroxylation is 1. The lowest BCUT2D eigenvalue weighted by Crippen LogP contribution is -2.35. The van der Waals surface area contributed by atoms with Crippen LogP contribution >= 0.6 is 0 Å². The van der Waals surface area contributed by atoms with Crippen LogP contribution in [0.25, 0.3) is 0 Å². The maximum absolute atomic E-state index is 10.7. The SMILES string of the molecule is COc1cccc(C(NCC(O)COc2ccc(OC)cc2C(C)(C)C)c2nccn2C)c1. The van der Waals surface area contributed by atoms with Crippen molar-refractivity contribution in [1.82, 2.24) is 14.9 Å². The van der Waals surface area contributed by atoms with Crippen LogP contribution in [-0.2, 0) is 12.5 Å². The van der Waals surface area contributed by atoms with E-state index >= 15 is 0 Å². The molecule has 0 saturated carbocycles. The first-order valence-corrected chi connectivity index (χ1v) is 11.1. The van der Waals surface area contributed by atoms with E-state index in [4.69, 9.17) is 14.2 Å². The molecule has 0 aliphatic carbocycles. The van der Waals surface area contributed by atoms with Crippen molar-refractivity contribution in [2.45, 2.75) is 38.3 Å². The summed E-state index contributed by atoms with van der Waals surface area (Å²) in [6.07, 6.45) is 2.95. The average Bonchev–Trinajstić information content (AvgIpc) is 3.22. The fourth-order valence-electron chi connectivity index (χ4n) is 3.68. The van der Waals surface area contributed by atoms with Gasteiger partial charge in [0, 0.05) is 31.5 Å². The maximum Gasteiger partial charge on any atom is 0.130 e. The molecular weight excluding hydrogens is 418 g/mol. The molecule has 3 rings (SSSR count). The average molecular weight is 454 g/mol. The molecule has 3 aromatic rings. The summed E-state index contributed by atoms with van der Waals surface area (Å²) in [5.74, 6) is 3.15. The van der Waals surface area contributed by atoms with Gasteiger partial charge in [0.1, 0.15) is 35.8 Å². The normalized spacial score (nSPS) is 13.4. The molecule has 1 aromatic heterocycles. The van der Waals surface area contributed by atoms with Gasteiger partial charge in [-0.05, 0) is 41.3 Å². The van der Waals surface area contributed by atoms with Crippen LogP contribution in [0, 0.1) is 0 Å². The van der Waals surface area contributed by atoms with Crippen LogP contribution in [0.3, 0.4) is 0 Å². The Balaban J connectivity index is 1.70. The molecule has 0 amide bonds. The van der Waals surface area contributed by atoms with Gasteiger partial charge in [-0.1, -0.05) is 32.9 Å². The summed E-state index contributed by atoms with van der Waals surface area (Å²) in [6.45, 7) is 6.86. The zero-order valence-electron chi connectivity index (χ0n) is 20.3. The third-order valence-electron chi connectivity index (χ3n) is 5.53. The van der Waals surface area contributed by atoms with Crippen LogP contribution in [0.1, 0.15) is 43.8 Å². The van der Waals surface area contributed by atoms with Gasteiger partial charge in [-0.25, -0.2) is 4.98 Å². The lowest BCUT2D eigenvalue weighted by molar-refractivity contribution is 0.103. The number of hydrogen-bond donors (Lipinski definition) is 2. The maximum atomic E-state index is 10.7. The topological polar surface area (TPSA) is 77.8 Å². The van der Waals surface area contributed by atoms with Crippen molar-refractivity contribution >= 4 is 0 Å². The highest BCUT2D eigenvalue weighted by atomic mass is 16.5. The van der Waals surface area contributed by atoms with E-state index in [1.165, 1.54) is 0 Å². The number of nitrogens with one attached hydrogen (secondary N) is 1. The molecule has 0 saturated heterocycles. The largest absolute Gasteiger partial charge is 0.497 e. The summed E-state index contributed by atoms with van der Waals surface area (Å²) in [6, 6.07) is 13.4. The number of imidazole rings is 1. The van der Waals surface area contributed by atoms with Crippen molar-refractivity contribution in [3.63, 3.8) is 0 Å². The number of aliphatic hydroxyl groups is 1. The highest BCUT2D eigenvalue weighted by Crippen LogP contribution is 2.34. The minimum Gasteiger partial charge on any atom is -0.497 e. The number of aromatic nitrogens is 2. The molecule has 2 aromatic carbocycles. The minimum atomic E-state index is -0.715. The fourth-order valence-corrected chi connectivity index (χ4v) is 3.68. The van der Waals surface area contributed by atoms with E-state index in [0.717, 1.165) is 34.2 Å². The summed E-state index contributed by atoms with van der Waals surface area (Å²) in [5, 5.41) is 14.1. The van der Waals surface area contributed by atoms with Gasteiger partial charge in [0.2, 0.25) is 0 Å². The number of aliphatic hydroxyl groups excluding tert-OH is 1. The van der Waals surface area contributed by atoms with Crippen LogP contribution < -0.4 is 19.5 Å². The van der Waals surface area contributed by atoms with Crippen molar-refractivity contribution in [2.75, 3.05) is 27.4 Å². The lowest BCUT2D eigenvalue weighted by atomic mass is 9.86. The van der Waals surface area contributed by atoms with Crippen LogP contribution in [0.5, 0.6) is 17.2 Å². The van der Waals surface area contributed by atoms with Crippen molar-refractivity contribution in [3.05, 3.63) is 71.8 Å². The molecule has 0 radical (unpaired) electrons. The Bertz CT molecular complexity index is 1040. The monoisotopic (exact) mass is 453 g/mol. The summed E-state index contributed by atoms with van der Waals surface area (Å²) < 4.78 is 18.7. The number of methoxy groups -OCH3 is 2. The van der Waals surface area contributed by atoms with Crippen LogP contribution in [0.4, 0.5) is 0 Å². The molecule has 7 heteroatoms. The molecule has 0 aliphatic rings. The van der Waals surface area contributed by atoms with E-state index in [1.807, 2.05) is 60.3 Å². The van der Waals surface area contributed by atoms with Crippen molar-refractivity contribution in [2.24, 2.45) is 7.05 Å². The van der Waals surface area contributed by atoms with E-state index < -0.39 is 6.10 Å². The smallest absolute Gasteiger partial charge is 0.130 e. The Hall–Kier alpha value is -3.03. The molecule has 0 aliphatic heterocycles. The second kappa shape index (κ2) is 10.7. The van der Waals surface area contributed by atoms with Gasteiger partial charge in [-0.2, -0.15) is 0 Å². The summed E-state index contributed by atoms with van der Waals surface area (Å²) in [7, 11) is 5.25. The molecule has 33 heavy (non-hydrogen) atoms. The van der Waals surface area contributed by atoms with Gasteiger partial charge in [0.25, 0.3) is 0 Å². The molecule has 2 unspecified atom stereocenters. The molecule has 0 fully saturated rings. The predicted octanol–water partition coefficient (Wildman–Crippen LogP) is 3.85. The number of nitrogens with zero attached hydrogens (tertiary/aromatic N) is 2. The Kier molecular flexibility index (Phi) is 8.00. The van der Waals surface area contributed by atoms with Crippen molar-refractivity contribution in [3.8, 4) is 17.2 Å². The van der Waals surface area contributed by atoms with Gasteiger partial charge in [0.05, 0.1) is 20.3 Å². The second-order valence-electron chi connectivity index (χ2n) is 9.09. The number of ether oxygens (including phenoxy) is 3. The molecule has 0 spiro atoms. The van der Waals surface area contributed by atoms with Crippen LogP contribution in [-0.4, -0.2) is 48.1 Å². The van der Waals surface area contributed by atoms with Crippen molar-refractivity contribution < 1.29 is 19.3 Å². The van der Waals surface area contributed by atoms with Gasteiger partial charge in [-0.3, -0.25) is 0 Å². The third-order valence-corrected chi connectivity index (χ3v) is 5.53. The second-order valence-corrected chi connectivity index (χ2v) is 9.09. The first kappa shape index (κ1) is 24.6. The number of rotatable bonds is 10. The zero-order chi connectivity index (χ0) is 24.0. The minimum absolute atomic E-state index is 0.122. The molecule has 0 bridgehead atoms. The highest BCUT2D eigenvalue weighted by molar-refractivity contribution is 5.44. The van der Waals surface area contributed by atoms with E-state index in [0.29, 0.717) is 6.54 Å². The molecule has 1 heterocycles. The molecule has 2 N–H and O–H groups in total. The molecule has 2 atom stereocenters. The molecular formula is C26H35N3O4. The van der Waals surface area contributed by atoms with Gasteiger partial charge >= 0.3 is 0 Å².